The first kappa shape index (κ1) is 16.0. The minimum absolute atomic E-state index is 0.674. The lowest BCUT2D eigenvalue weighted by atomic mass is 9.95. The van der Waals surface area contributed by atoms with Crippen LogP contribution in [0.5, 0.6) is 0 Å². The Bertz CT molecular complexity index is 372. The Kier molecular flexibility index (Phi) is 6.06. The number of piperazine rings is 1. The monoisotopic (exact) mass is 294 g/mol. The molecule has 1 aromatic rings. The van der Waals surface area contributed by atoms with Crippen molar-refractivity contribution >= 4 is 11.3 Å². The number of nitrogens with zero attached hydrogens (tertiary/aromatic N) is 1. The Balaban J connectivity index is 1.92. The molecule has 1 aliphatic rings. The van der Waals surface area contributed by atoms with Crippen molar-refractivity contribution in [2.75, 3.05) is 19.6 Å². The largest absolute Gasteiger partial charge is 0.311 e. The van der Waals surface area contributed by atoms with Gasteiger partial charge in [0.05, 0.1) is 0 Å². The molecule has 0 saturated carbocycles. The van der Waals surface area contributed by atoms with E-state index in [4.69, 9.17) is 0 Å². The van der Waals surface area contributed by atoms with Crippen molar-refractivity contribution in [3.05, 3.63) is 22.4 Å². The van der Waals surface area contributed by atoms with E-state index in [2.05, 4.69) is 55.4 Å². The van der Waals surface area contributed by atoms with Gasteiger partial charge in [-0.2, -0.15) is 0 Å². The average Bonchev–Trinajstić information content (AvgIpc) is 2.88. The van der Waals surface area contributed by atoms with Crippen LogP contribution in [-0.2, 0) is 6.42 Å². The predicted molar refractivity (Wildman–Crippen MR) is 89.5 cm³/mol. The Morgan fingerprint density at radius 1 is 1.35 bits per heavy atom. The van der Waals surface area contributed by atoms with Crippen molar-refractivity contribution in [2.24, 2.45) is 11.8 Å². The van der Waals surface area contributed by atoms with Crippen LogP contribution in [0, 0.1) is 11.8 Å². The minimum atomic E-state index is 0.674. The van der Waals surface area contributed by atoms with Crippen molar-refractivity contribution in [1.29, 1.82) is 0 Å². The molecule has 1 aliphatic heterocycles. The van der Waals surface area contributed by atoms with Gasteiger partial charge in [-0.05, 0) is 36.1 Å². The molecule has 1 saturated heterocycles. The summed E-state index contributed by atoms with van der Waals surface area (Å²) in [6.07, 6.45) is 2.50. The molecule has 2 heterocycles. The first-order valence-electron chi connectivity index (χ1n) is 8.06. The van der Waals surface area contributed by atoms with Gasteiger partial charge in [0, 0.05) is 36.6 Å². The fraction of sp³-hybridized carbons (Fsp3) is 0.765. The highest BCUT2D eigenvalue weighted by atomic mass is 32.1. The second-order valence-corrected chi connectivity index (χ2v) is 7.90. The third-order valence-corrected chi connectivity index (χ3v) is 5.23. The lowest BCUT2D eigenvalue weighted by Gasteiger charge is -2.43. The zero-order valence-electron chi connectivity index (χ0n) is 13.4. The summed E-state index contributed by atoms with van der Waals surface area (Å²) < 4.78 is 0. The number of thiophene rings is 1. The van der Waals surface area contributed by atoms with E-state index in [9.17, 15) is 0 Å². The Morgan fingerprint density at radius 3 is 2.75 bits per heavy atom. The Hall–Kier alpha value is -0.380. The van der Waals surface area contributed by atoms with Crippen LogP contribution < -0.4 is 5.32 Å². The molecule has 1 fully saturated rings. The first-order chi connectivity index (χ1) is 9.56. The lowest BCUT2D eigenvalue weighted by molar-refractivity contribution is 0.0936. The molecule has 2 unspecified atom stereocenters. The van der Waals surface area contributed by atoms with Gasteiger partial charge in [-0.1, -0.05) is 33.8 Å². The first-order valence-corrected chi connectivity index (χ1v) is 8.94. The number of hydrogen-bond acceptors (Lipinski definition) is 3. The van der Waals surface area contributed by atoms with Gasteiger partial charge in [0.15, 0.2) is 0 Å². The minimum Gasteiger partial charge on any atom is -0.311 e. The van der Waals surface area contributed by atoms with Gasteiger partial charge in [0.2, 0.25) is 0 Å². The van der Waals surface area contributed by atoms with E-state index in [0.29, 0.717) is 12.1 Å². The molecule has 2 nitrogen and oxygen atoms in total. The van der Waals surface area contributed by atoms with Crippen LogP contribution in [0.15, 0.2) is 17.5 Å². The molecular formula is C17H30N2S. The van der Waals surface area contributed by atoms with Crippen LogP contribution in [0.3, 0.4) is 0 Å². The summed E-state index contributed by atoms with van der Waals surface area (Å²) in [6, 6.07) is 5.80. The van der Waals surface area contributed by atoms with Gasteiger partial charge in [-0.3, -0.25) is 4.90 Å². The summed E-state index contributed by atoms with van der Waals surface area (Å²) >= 11 is 1.89. The fourth-order valence-corrected chi connectivity index (χ4v) is 3.95. The number of nitrogens with one attached hydrogen (secondary N) is 1. The second kappa shape index (κ2) is 7.58. The standard InChI is InChI=1S/C17H30N2S/c1-13(2)10-15-12-19(17(11-18-15)14(3)4)8-7-16-6-5-9-20-16/h5-6,9,13-15,17-18H,7-8,10-12H2,1-4H3. The van der Waals surface area contributed by atoms with Gasteiger partial charge in [0.25, 0.3) is 0 Å². The molecule has 0 spiro atoms. The average molecular weight is 295 g/mol. The van der Waals surface area contributed by atoms with E-state index in [1.54, 1.807) is 0 Å². The molecule has 20 heavy (non-hydrogen) atoms. The zero-order valence-corrected chi connectivity index (χ0v) is 14.2. The van der Waals surface area contributed by atoms with E-state index in [-0.39, 0.29) is 0 Å². The SMILES string of the molecule is CC(C)CC1CN(CCc2cccs2)C(C(C)C)CN1. The van der Waals surface area contributed by atoms with Gasteiger partial charge in [-0.15, -0.1) is 11.3 Å². The van der Waals surface area contributed by atoms with Crippen molar-refractivity contribution in [1.82, 2.24) is 10.2 Å². The normalized spacial score (nSPS) is 24.7. The quantitative estimate of drug-likeness (QED) is 0.862. The highest BCUT2D eigenvalue weighted by molar-refractivity contribution is 7.09. The topological polar surface area (TPSA) is 15.3 Å². The van der Waals surface area contributed by atoms with Gasteiger partial charge < -0.3 is 5.32 Å². The lowest BCUT2D eigenvalue weighted by Crippen LogP contribution is -2.58. The van der Waals surface area contributed by atoms with Crippen molar-refractivity contribution in [2.45, 2.75) is 52.6 Å². The molecule has 1 N–H and O–H groups in total. The van der Waals surface area contributed by atoms with Crippen molar-refractivity contribution in [3.63, 3.8) is 0 Å². The van der Waals surface area contributed by atoms with E-state index in [1.165, 1.54) is 30.8 Å². The highest BCUT2D eigenvalue weighted by Gasteiger charge is 2.29. The zero-order chi connectivity index (χ0) is 14.5. The number of hydrogen-bond donors (Lipinski definition) is 1. The van der Waals surface area contributed by atoms with E-state index >= 15 is 0 Å². The van der Waals surface area contributed by atoms with Gasteiger partial charge in [-0.25, -0.2) is 0 Å². The second-order valence-electron chi connectivity index (χ2n) is 6.87. The fourth-order valence-electron chi connectivity index (χ4n) is 3.25. The molecular weight excluding hydrogens is 264 g/mol. The molecule has 0 aliphatic carbocycles. The number of rotatable bonds is 6. The molecule has 3 heteroatoms. The smallest absolute Gasteiger partial charge is 0.0244 e. The van der Waals surface area contributed by atoms with Crippen LogP contribution in [0.4, 0.5) is 0 Å². The highest BCUT2D eigenvalue weighted by Crippen LogP contribution is 2.19. The summed E-state index contributed by atoms with van der Waals surface area (Å²) in [5, 5.41) is 5.96. The Labute approximate surface area is 128 Å². The summed E-state index contributed by atoms with van der Waals surface area (Å²) in [5.74, 6) is 1.51. The molecule has 0 amide bonds. The molecule has 0 bridgehead atoms. The summed E-state index contributed by atoms with van der Waals surface area (Å²) in [6.45, 7) is 12.9. The summed E-state index contributed by atoms with van der Waals surface area (Å²) in [5.41, 5.74) is 0. The van der Waals surface area contributed by atoms with Crippen LogP contribution in [-0.4, -0.2) is 36.6 Å². The summed E-state index contributed by atoms with van der Waals surface area (Å²) in [7, 11) is 0. The van der Waals surface area contributed by atoms with Crippen molar-refractivity contribution < 1.29 is 0 Å². The van der Waals surface area contributed by atoms with E-state index in [0.717, 1.165) is 18.4 Å². The maximum absolute atomic E-state index is 3.77. The van der Waals surface area contributed by atoms with Crippen LogP contribution in [0.1, 0.15) is 39.0 Å². The van der Waals surface area contributed by atoms with E-state index in [1.807, 2.05) is 11.3 Å². The molecule has 2 atom stereocenters. The van der Waals surface area contributed by atoms with Gasteiger partial charge in [0.1, 0.15) is 0 Å². The van der Waals surface area contributed by atoms with Crippen LogP contribution >= 0.6 is 11.3 Å². The van der Waals surface area contributed by atoms with Crippen molar-refractivity contribution in [3.8, 4) is 0 Å². The maximum Gasteiger partial charge on any atom is 0.0244 e. The predicted octanol–water partition coefficient (Wildman–Crippen LogP) is 3.64. The molecule has 2 rings (SSSR count). The van der Waals surface area contributed by atoms with E-state index < -0.39 is 0 Å². The van der Waals surface area contributed by atoms with Gasteiger partial charge >= 0.3 is 0 Å². The molecule has 1 aromatic heterocycles. The summed E-state index contributed by atoms with van der Waals surface area (Å²) in [4.78, 5) is 4.25. The Morgan fingerprint density at radius 2 is 2.15 bits per heavy atom. The van der Waals surface area contributed by atoms with Crippen LogP contribution in [0.25, 0.3) is 0 Å². The third-order valence-electron chi connectivity index (χ3n) is 4.29. The molecule has 0 aromatic carbocycles. The third kappa shape index (κ3) is 4.57. The van der Waals surface area contributed by atoms with Crippen LogP contribution in [0.2, 0.25) is 0 Å². The molecule has 0 radical (unpaired) electrons. The molecule has 114 valence electrons. The maximum atomic E-state index is 3.77.